The molecule has 0 aromatic carbocycles. The summed E-state index contributed by atoms with van der Waals surface area (Å²) < 4.78 is 5.09. The van der Waals surface area contributed by atoms with Crippen molar-refractivity contribution in [2.24, 2.45) is 0 Å². The molecule has 0 bridgehead atoms. The summed E-state index contributed by atoms with van der Waals surface area (Å²) in [6.07, 6.45) is 1.64. The van der Waals surface area contributed by atoms with Gasteiger partial charge in [-0.2, -0.15) is 0 Å². The third-order valence-corrected chi connectivity index (χ3v) is 10.4. The molecule has 0 spiro atoms. The Balaban J connectivity index is 1.30. The Morgan fingerprint density at radius 2 is 2.19 bits per heavy atom. The average Bonchev–Trinajstić information content (AvgIpc) is 3.44. The lowest BCUT2D eigenvalue weighted by Crippen LogP contribution is -2.74. The highest BCUT2D eigenvalue weighted by atomic mass is 32.2. The predicted molar refractivity (Wildman–Crippen MR) is 124 cm³/mol. The van der Waals surface area contributed by atoms with Crippen molar-refractivity contribution >= 4 is 74.3 Å². The highest BCUT2D eigenvalue weighted by Crippen LogP contribution is 2.47. The van der Waals surface area contributed by atoms with Crippen LogP contribution in [-0.2, 0) is 20.8 Å². The van der Waals surface area contributed by atoms with Crippen LogP contribution in [0.3, 0.4) is 0 Å². The second-order valence-corrected chi connectivity index (χ2v) is 12.3. The van der Waals surface area contributed by atoms with Crippen LogP contribution >= 0.6 is 46.2 Å². The molecule has 8 nitrogen and oxygen atoms in total. The molecule has 3 aromatic rings. The number of fused-ring (bicyclic) bond motifs is 2. The van der Waals surface area contributed by atoms with Crippen LogP contribution in [0.15, 0.2) is 49.3 Å². The number of nitrogens with one attached hydrogen (secondary N) is 1. The minimum absolute atomic E-state index is 0.00509. The van der Waals surface area contributed by atoms with E-state index in [1.165, 1.54) is 51.7 Å². The molecule has 3 atom stereocenters. The first kappa shape index (κ1) is 21.6. The van der Waals surface area contributed by atoms with Gasteiger partial charge in [0, 0.05) is 23.2 Å². The number of carbonyl (C=O) groups is 3. The first-order valence-electron chi connectivity index (χ1n) is 9.54. The molecule has 2 aliphatic heterocycles. The highest BCUT2D eigenvalue weighted by molar-refractivity contribution is 8.06. The largest absolute Gasteiger partial charge is 0.480 e. The van der Waals surface area contributed by atoms with Crippen LogP contribution in [0, 0.1) is 0 Å². The lowest BCUT2D eigenvalue weighted by Gasteiger charge is -2.53. The van der Waals surface area contributed by atoms with Crippen molar-refractivity contribution in [3.8, 4) is 0 Å². The van der Waals surface area contributed by atoms with Crippen LogP contribution in [0.1, 0.15) is 4.88 Å². The second kappa shape index (κ2) is 8.25. The average molecular weight is 509 g/mol. The lowest BCUT2D eigenvalue weighted by molar-refractivity contribution is -0.152. The Bertz CT molecular complexity index is 1270. The van der Waals surface area contributed by atoms with E-state index in [1.54, 1.807) is 6.07 Å². The fourth-order valence-corrected chi connectivity index (χ4v) is 8.73. The van der Waals surface area contributed by atoms with Gasteiger partial charge in [0.2, 0.25) is 17.2 Å². The van der Waals surface area contributed by atoms with E-state index in [0.717, 1.165) is 16.6 Å². The number of carboxylic acids is 1. The normalized spacial score (nSPS) is 24.8. The molecule has 2 fully saturated rings. The van der Waals surface area contributed by atoms with E-state index in [-0.39, 0.29) is 46.9 Å². The van der Waals surface area contributed by atoms with Gasteiger partial charge in [-0.15, -0.1) is 34.4 Å². The van der Waals surface area contributed by atoms with Crippen molar-refractivity contribution in [2.75, 3.05) is 12.3 Å². The SMILES string of the molecule is O=C(Cc1cccs1)NC1C(=O)N2CC(Sc3cc(=O)c4occc4s3)(C(=O)O)CS[C@H]12. The maximum atomic E-state index is 12.7. The van der Waals surface area contributed by atoms with Gasteiger partial charge in [-0.25, -0.2) is 0 Å². The molecule has 2 unspecified atom stereocenters. The Morgan fingerprint density at radius 3 is 2.94 bits per heavy atom. The quantitative estimate of drug-likeness (QED) is 0.488. The van der Waals surface area contributed by atoms with Gasteiger partial charge in [-0.05, 0) is 17.5 Å². The smallest absolute Gasteiger partial charge is 0.322 e. The predicted octanol–water partition coefficient (Wildman–Crippen LogP) is 2.47. The highest BCUT2D eigenvalue weighted by Gasteiger charge is 2.58. The molecule has 2 amide bonds. The number of rotatable bonds is 6. The molecular formula is C20H16N2O6S4. The molecule has 2 aliphatic rings. The summed E-state index contributed by atoms with van der Waals surface area (Å²) in [6, 6.07) is 6.14. The summed E-state index contributed by atoms with van der Waals surface area (Å²) in [6.45, 7) is 0.00509. The molecule has 0 radical (unpaired) electrons. The number of furan rings is 1. The van der Waals surface area contributed by atoms with Crippen molar-refractivity contribution in [2.45, 2.75) is 26.8 Å². The van der Waals surface area contributed by atoms with Crippen LogP contribution in [0.4, 0.5) is 0 Å². The summed E-state index contributed by atoms with van der Waals surface area (Å²) in [5.74, 6) is -1.32. The molecule has 2 saturated heterocycles. The first-order valence-corrected chi connectivity index (χ1v) is 13.1. The van der Waals surface area contributed by atoms with Gasteiger partial charge in [-0.3, -0.25) is 19.2 Å². The zero-order valence-electron chi connectivity index (χ0n) is 16.3. The zero-order valence-corrected chi connectivity index (χ0v) is 19.6. The zero-order chi connectivity index (χ0) is 22.5. The number of hydrogen-bond acceptors (Lipinski definition) is 9. The molecule has 166 valence electrons. The number of nitrogens with zero attached hydrogens (tertiary/aromatic N) is 1. The monoisotopic (exact) mass is 508 g/mol. The Kier molecular flexibility index (Phi) is 5.56. The number of carboxylic acid groups (broad SMARTS) is 1. The van der Waals surface area contributed by atoms with Crippen LogP contribution in [0.2, 0.25) is 0 Å². The summed E-state index contributed by atoms with van der Waals surface area (Å²) in [5, 5.41) is 14.4. The third-order valence-electron chi connectivity index (χ3n) is 5.28. The topological polar surface area (TPSA) is 117 Å². The minimum Gasteiger partial charge on any atom is -0.480 e. The van der Waals surface area contributed by atoms with Gasteiger partial charge in [0.1, 0.15) is 16.2 Å². The van der Waals surface area contributed by atoms with Crippen LogP contribution in [0.5, 0.6) is 0 Å². The fraction of sp³-hybridized carbons (Fsp3) is 0.300. The number of aliphatic carboxylic acids is 1. The Hall–Kier alpha value is -2.28. The van der Waals surface area contributed by atoms with E-state index in [4.69, 9.17) is 4.42 Å². The van der Waals surface area contributed by atoms with Crippen molar-refractivity contribution in [1.82, 2.24) is 10.2 Å². The van der Waals surface area contributed by atoms with Crippen molar-refractivity contribution in [3.05, 3.63) is 51.0 Å². The molecule has 5 heterocycles. The molecular weight excluding hydrogens is 492 g/mol. The summed E-state index contributed by atoms with van der Waals surface area (Å²) >= 11 is 5.19. The summed E-state index contributed by atoms with van der Waals surface area (Å²) in [7, 11) is 0. The van der Waals surface area contributed by atoms with Gasteiger partial charge in [-0.1, -0.05) is 17.8 Å². The maximum Gasteiger partial charge on any atom is 0.322 e. The van der Waals surface area contributed by atoms with Crippen LogP contribution in [0.25, 0.3) is 10.3 Å². The van der Waals surface area contributed by atoms with E-state index < -0.39 is 16.8 Å². The van der Waals surface area contributed by atoms with Crippen molar-refractivity contribution in [3.63, 3.8) is 0 Å². The molecule has 2 N–H and O–H groups in total. The number of thiophene rings is 1. The van der Waals surface area contributed by atoms with Gasteiger partial charge in [0.05, 0.1) is 21.6 Å². The molecule has 0 saturated carbocycles. The van der Waals surface area contributed by atoms with E-state index in [9.17, 15) is 24.3 Å². The van der Waals surface area contributed by atoms with Gasteiger partial charge in [0.15, 0.2) is 5.58 Å². The van der Waals surface area contributed by atoms with Crippen molar-refractivity contribution in [1.29, 1.82) is 0 Å². The van der Waals surface area contributed by atoms with Crippen LogP contribution < -0.4 is 10.7 Å². The second-order valence-electron chi connectivity index (χ2n) is 7.41. The number of β-lactam (4-membered cyclic amide) rings is 1. The minimum atomic E-state index is -1.29. The van der Waals surface area contributed by atoms with Crippen LogP contribution in [-0.4, -0.2) is 56.3 Å². The number of hydrogen-bond donors (Lipinski definition) is 2. The lowest BCUT2D eigenvalue weighted by atomic mass is 10.0. The molecule has 3 aromatic heterocycles. The van der Waals surface area contributed by atoms with E-state index in [0.29, 0.717) is 8.91 Å². The standard InChI is InChI=1S/C20H16N2O6S4/c23-11-7-14(31-12-3-4-28-16(11)12)32-20(19(26)27)8-22-17(25)15(18(22)30-9-20)21-13(24)6-10-2-1-5-29-10/h1-5,7,15,18H,6,8-9H2,(H,21,24)(H,26,27)/t15?,18-,20?/m1/s1. The molecule has 32 heavy (non-hydrogen) atoms. The molecule has 0 aliphatic carbocycles. The Morgan fingerprint density at radius 1 is 1.34 bits per heavy atom. The molecule has 5 rings (SSSR count). The van der Waals surface area contributed by atoms with E-state index in [1.807, 2.05) is 17.5 Å². The number of thioether (sulfide) groups is 2. The van der Waals surface area contributed by atoms with Gasteiger partial charge >= 0.3 is 5.97 Å². The fourth-order valence-electron chi connectivity index (χ4n) is 3.69. The van der Waals surface area contributed by atoms with Gasteiger partial charge < -0.3 is 19.7 Å². The maximum absolute atomic E-state index is 12.7. The van der Waals surface area contributed by atoms with Gasteiger partial charge in [0.25, 0.3) is 0 Å². The van der Waals surface area contributed by atoms with E-state index >= 15 is 0 Å². The van der Waals surface area contributed by atoms with Crippen molar-refractivity contribution < 1.29 is 23.9 Å². The molecule has 12 heteroatoms. The van der Waals surface area contributed by atoms with E-state index in [2.05, 4.69) is 5.32 Å². The third kappa shape index (κ3) is 3.74. The first-order chi connectivity index (χ1) is 15.4. The number of amides is 2. The summed E-state index contributed by atoms with van der Waals surface area (Å²) in [4.78, 5) is 52.0. The number of carbonyl (C=O) groups excluding carboxylic acids is 2. The Labute approximate surface area is 198 Å². The summed E-state index contributed by atoms with van der Waals surface area (Å²) in [5.41, 5.74) is -0.0532.